The molecule has 0 heterocycles. The monoisotopic (exact) mass is 495 g/mol. The molecule has 0 saturated carbocycles. The predicted octanol–water partition coefficient (Wildman–Crippen LogP) is 5.94. The van der Waals surface area contributed by atoms with Gasteiger partial charge in [0.2, 0.25) is 0 Å². The van der Waals surface area contributed by atoms with Crippen LogP contribution in [0.4, 0.5) is 0 Å². The normalized spacial score (nSPS) is 11.0. The number of aliphatic carboxylic acids is 1. The molecule has 0 spiro atoms. The molecule has 26 heavy (non-hydrogen) atoms. The Kier molecular flexibility index (Phi) is 28.8. The van der Waals surface area contributed by atoms with Crippen molar-refractivity contribution in [2.45, 2.75) is 123 Å². The molecule has 0 aliphatic heterocycles. The van der Waals surface area contributed by atoms with E-state index in [9.17, 15) is 4.79 Å². The third kappa shape index (κ3) is 44.3. The van der Waals surface area contributed by atoms with E-state index < -0.39 is 5.97 Å². The van der Waals surface area contributed by atoms with Gasteiger partial charge in [0.1, 0.15) is 0 Å². The summed E-state index contributed by atoms with van der Waals surface area (Å²) in [6.45, 7) is 8.15. The van der Waals surface area contributed by atoms with Crippen molar-refractivity contribution in [1.82, 2.24) is 0 Å². The van der Waals surface area contributed by atoms with Gasteiger partial charge in [-0.2, -0.15) is 0 Å². The number of carboxylic acid groups (broad SMARTS) is 1. The number of hydrogen-bond donors (Lipinski definition) is 2. The van der Waals surface area contributed by atoms with Crippen LogP contribution >= 0.6 is 0 Å². The molecule has 4 heteroatoms. The molecule has 0 fully saturated rings. The molecule has 0 radical (unpaired) electrons. The van der Waals surface area contributed by atoms with Gasteiger partial charge in [-0.15, -0.1) is 0 Å². The van der Waals surface area contributed by atoms with E-state index in [1.807, 2.05) is 20.8 Å². The standard InChI is InChI=1S/C18H34O2.C4H11N.Ba.2H/c1-2-3-4-5-6-7-8-9-10-11-12-13-14-15-16-17-18(19)20;1-4(2,3)5;;;/h9-10H,2-8,11-17H2,1H3,(H,19,20);5H2,1-3H3;;;/b10-9-;;;;. The predicted molar refractivity (Wildman–Crippen MR) is 120 cm³/mol. The van der Waals surface area contributed by atoms with Crippen LogP contribution in [0.15, 0.2) is 12.2 Å². The van der Waals surface area contributed by atoms with Crippen LogP contribution < -0.4 is 5.73 Å². The van der Waals surface area contributed by atoms with E-state index in [4.69, 9.17) is 10.8 Å². The number of carboxylic acids is 1. The Labute approximate surface area is 204 Å². The van der Waals surface area contributed by atoms with Crippen LogP contribution in [0, 0.1) is 0 Å². The van der Waals surface area contributed by atoms with E-state index in [-0.39, 0.29) is 54.4 Å². The van der Waals surface area contributed by atoms with Gasteiger partial charge in [-0.1, -0.05) is 70.4 Å². The summed E-state index contributed by atoms with van der Waals surface area (Å²) in [6.07, 6.45) is 21.2. The van der Waals surface area contributed by atoms with Crippen LogP contribution in [0.5, 0.6) is 0 Å². The average Bonchev–Trinajstić information content (AvgIpc) is 2.49. The van der Waals surface area contributed by atoms with Crippen molar-refractivity contribution >= 4 is 54.9 Å². The van der Waals surface area contributed by atoms with Crippen molar-refractivity contribution in [3.8, 4) is 0 Å². The van der Waals surface area contributed by atoms with Gasteiger partial charge in [-0.05, 0) is 52.9 Å². The summed E-state index contributed by atoms with van der Waals surface area (Å²) in [4.78, 5) is 10.3. The van der Waals surface area contributed by atoms with Crippen LogP contribution in [0.3, 0.4) is 0 Å². The molecule has 0 aliphatic carbocycles. The van der Waals surface area contributed by atoms with Crippen molar-refractivity contribution in [2.75, 3.05) is 0 Å². The van der Waals surface area contributed by atoms with Gasteiger partial charge in [-0.25, -0.2) is 0 Å². The van der Waals surface area contributed by atoms with Crippen LogP contribution in [-0.2, 0) is 4.79 Å². The Morgan fingerprint density at radius 3 is 1.54 bits per heavy atom. The van der Waals surface area contributed by atoms with Gasteiger partial charge in [0, 0.05) is 12.0 Å². The summed E-state index contributed by atoms with van der Waals surface area (Å²) in [5.74, 6) is -0.664. The van der Waals surface area contributed by atoms with Crippen molar-refractivity contribution in [3.05, 3.63) is 12.2 Å². The summed E-state index contributed by atoms with van der Waals surface area (Å²) < 4.78 is 0. The summed E-state index contributed by atoms with van der Waals surface area (Å²) in [5.41, 5.74) is 5.35. The minimum absolute atomic E-state index is 0. The Morgan fingerprint density at radius 1 is 0.808 bits per heavy atom. The molecule has 0 aromatic carbocycles. The molecule has 0 unspecified atom stereocenters. The van der Waals surface area contributed by atoms with Crippen molar-refractivity contribution in [2.24, 2.45) is 5.73 Å². The van der Waals surface area contributed by atoms with Crippen molar-refractivity contribution in [3.63, 3.8) is 0 Å². The van der Waals surface area contributed by atoms with Crippen molar-refractivity contribution < 1.29 is 9.90 Å². The topological polar surface area (TPSA) is 63.3 Å². The third-order valence-corrected chi connectivity index (χ3v) is 3.65. The maximum atomic E-state index is 10.3. The van der Waals surface area contributed by atoms with E-state index >= 15 is 0 Å². The average molecular weight is 495 g/mol. The quantitative estimate of drug-likeness (QED) is 0.168. The first-order chi connectivity index (χ1) is 11.8. The Balaban J connectivity index is -0.000000772. The minimum atomic E-state index is -0.664. The number of carbonyl (C=O) groups is 1. The number of allylic oxidation sites excluding steroid dienone is 2. The van der Waals surface area contributed by atoms with Crippen molar-refractivity contribution in [1.29, 1.82) is 0 Å². The Morgan fingerprint density at radius 2 is 1.15 bits per heavy atom. The first-order valence-electron chi connectivity index (χ1n) is 10.4. The first-order valence-corrected chi connectivity index (χ1v) is 10.4. The molecule has 154 valence electrons. The van der Waals surface area contributed by atoms with Gasteiger partial charge in [0.05, 0.1) is 0 Å². The molecule has 0 atom stereocenters. The molecule has 0 bridgehead atoms. The second kappa shape index (κ2) is 23.8. The number of rotatable bonds is 15. The van der Waals surface area contributed by atoms with Gasteiger partial charge >= 0.3 is 54.9 Å². The number of unbranched alkanes of at least 4 members (excludes halogenated alkanes) is 11. The SMILES string of the molecule is CC(C)(C)N.CCCCCCCC/C=C\CCCCCCCC(=O)O.[BaH2]. The van der Waals surface area contributed by atoms with E-state index in [1.165, 1.54) is 70.6 Å². The molecule has 0 aromatic rings. The first kappa shape index (κ1) is 31.4. The van der Waals surface area contributed by atoms with Crippen LogP contribution in [-0.4, -0.2) is 65.5 Å². The van der Waals surface area contributed by atoms with E-state index in [1.54, 1.807) is 0 Å². The molecule has 0 amide bonds. The second-order valence-corrected chi connectivity index (χ2v) is 8.09. The molecule has 0 aliphatic rings. The van der Waals surface area contributed by atoms with Crippen LogP contribution in [0.25, 0.3) is 0 Å². The molecule has 3 nitrogen and oxygen atoms in total. The van der Waals surface area contributed by atoms with Gasteiger partial charge < -0.3 is 10.8 Å². The summed E-state index contributed by atoms with van der Waals surface area (Å²) >= 11 is 0. The Bertz CT molecular complexity index is 306. The molecule has 3 N–H and O–H groups in total. The van der Waals surface area contributed by atoms with Gasteiger partial charge in [0.25, 0.3) is 0 Å². The van der Waals surface area contributed by atoms with Gasteiger partial charge in [0.15, 0.2) is 0 Å². The summed E-state index contributed by atoms with van der Waals surface area (Å²) in [5, 5.41) is 8.51. The fourth-order valence-corrected chi connectivity index (χ4v) is 2.35. The number of nitrogens with two attached hydrogens (primary N) is 1. The molecule has 0 saturated heterocycles. The molecular formula is C22H47BaNO2. The molecule has 0 rings (SSSR count). The van der Waals surface area contributed by atoms with Crippen LogP contribution in [0.2, 0.25) is 0 Å². The van der Waals surface area contributed by atoms with E-state index in [2.05, 4.69) is 19.1 Å². The molecule has 0 aromatic heterocycles. The number of hydrogen-bond acceptors (Lipinski definition) is 2. The fourth-order valence-electron chi connectivity index (χ4n) is 2.35. The van der Waals surface area contributed by atoms with E-state index in [0.29, 0.717) is 6.42 Å². The van der Waals surface area contributed by atoms with E-state index in [0.717, 1.165) is 12.8 Å². The maximum absolute atomic E-state index is 10.3. The third-order valence-electron chi connectivity index (χ3n) is 3.65. The Hall–Kier alpha value is 0.741. The molecular weight excluding hydrogens is 448 g/mol. The zero-order valence-corrected chi connectivity index (χ0v) is 17.5. The summed E-state index contributed by atoms with van der Waals surface area (Å²) in [6, 6.07) is 0. The summed E-state index contributed by atoms with van der Waals surface area (Å²) in [7, 11) is 0. The van der Waals surface area contributed by atoms with Gasteiger partial charge in [-0.3, -0.25) is 4.79 Å². The zero-order chi connectivity index (χ0) is 19.4. The van der Waals surface area contributed by atoms with Crippen LogP contribution in [0.1, 0.15) is 118 Å². The fraction of sp³-hybridized carbons (Fsp3) is 0.864. The second-order valence-electron chi connectivity index (χ2n) is 8.09. The zero-order valence-electron chi connectivity index (χ0n) is 17.5.